The van der Waals surface area contributed by atoms with Gasteiger partial charge in [-0.05, 0) is 42.5 Å². The van der Waals surface area contributed by atoms with E-state index in [1.807, 2.05) is 18.2 Å². The summed E-state index contributed by atoms with van der Waals surface area (Å²) in [4.78, 5) is 35.3. The normalized spacial score (nSPS) is 11.7. The summed E-state index contributed by atoms with van der Waals surface area (Å²) in [5.41, 5.74) is 1.31. The van der Waals surface area contributed by atoms with Crippen LogP contribution in [0.3, 0.4) is 0 Å². The number of nitrogens with one attached hydrogen (secondary N) is 4. The molecule has 176 valence electrons. The van der Waals surface area contributed by atoms with Gasteiger partial charge in [-0.25, -0.2) is 9.78 Å². The van der Waals surface area contributed by atoms with Crippen molar-refractivity contribution in [3.63, 3.8) is 0 Å². The lowest BCUT2D eigenvalue weighted by Gasteiger charge is -2.14. The fourth-order valence-electron chi connectivity index (χ4n) is 3.77. The molecule has 2 amide bonds. The molecule has 0 radical (unpaired) electrons. The number of nitrogens with zero attached hydrogens (tertiary/aromatic N) is 1. The molecule has 0 saturated heterocycles. The van der Waals surface area contributed by atoms with Crippen LogP contribution in [-0.2, 0) is 6.18 Å². The molecule has 35 heavy (non-hydrogen) atoms. The number of fused-ring (bicyclic) bond motifs is 2. The van der Waals surface area contributed by atoms with Crippen LogP contribution in [0, 0.1) is 0 Å². The zero-order chi connectivity index (χ0) is 24.7. The Labute approximate surface area is 200 Å². The van der Waals surface area contributed by atoms with E-state index >= 15 is 0 Å². The summed E-state index contributed by atoms with van der Waals surface area (Å²) in [6.07, 6.45) is -4.70. The maximum absolute atomic E-state index is 13.3. The predicted molar refractivity (Wildman–Crippen MR) is 128 cm³/mol. The van der Waals surface area contributed by atoms with Crippen molar-refractivity contribution >= 4 is 40.0 Å². The highest BCUT2D eigenvalue weighted by molar-refractivity contribution is 6.30. The molecular formula is C24H15ClF3N5O2. The minimum atomic E-state index is -4.70. The summed E-state index contributed by atoms with van der Waals surface area (Å²) in [5, 5.41) is 4.60. The lowest BCUT2D eigenvalue weighted by Crippen LogP contribution is -2.21. The van der Waals surface area contributed by atoms with Gasteiger partial charge in [-0.3, -0.25) is 4.79 Å². The molecule has 2 heterocycles. The van der Waals surface area contributed by atoms with Crippen molar-refractivity contribution in [1.29, 1.82) is 0 Å². The Kier molecular flexibility index (Phi) is 5.45. The van der Waals surface area contributed by atoms with Crippen molar-refractivity contribution in [2.45, 2.75) is 6.18 Å². The molecular weight excluding hydrogens is 483 g/mol. The van der Waals surface area contributed by atoms with Crippen LogP contribution in [0.15, 0.2) is 71.5 Å². The molecule has 4 N–H and O–H groups in total. The number of hydrogen-bond acceptors (Lipinski definition) is 3. The summed E-state index contributed by atoms with van der Waals surface area (Å²) in [6, 6.07) is 16.0. The maximum Gasteiger partial charge on any atom is 0.418 e. The molecule has 0 bridgehead atoms. The van der Waals surface area contributed by atoms with Gasteiger partial charge in [0.15, 0.2) is 0 Å². The van der Waals surface area contributed by atoms with Gasteiger partial charge in [-0.1, -0.05) is 35.9 Å². The van der Waals surface area contributed by atoms with E-state index in [1.54, 1.807) is 30.3 Å². The number of hydrogen-bond donors (Lipinski definition) is 4. The van der Waals surface area contributed by atoms with Crippen LogP contribution in [0.4, 0.5) is 29.3 Å². The third-order valence-electron chi connectivity index (χ3n) is 5.29. The number of carbonyl (C=O) groups excluding carboxylic acids is 1. The van der Waals surface area contributed by atoms with Crippen LogP contribution in [0.25, 0.3) is 33.7 Å². The average molecular weight is 498 g/mol. The first-order chi connectivity index (χ1) is 16.7. The van der Waals surface area contributed by atoms with Gasteiger partial charge in [0.2, 0.25) is 0 Å². The summed E-state index contributed by atoms with van der Waals surface area (Å²) >= 11 is 5.67. The molecule has 0 saturated carbocycles. The molecule has 7 nitrogen and oxygen atoms in total. The number of halogens is 4. The quantitative estimate of drug-likeness (QED) is 0.234. The SMILES string of the molecule is O=C(Nc1ccc2nc(-c3c4cccccc-4[nH]c3=O)[nH]c2c1)Nc1ccc(Cl)cc1C(F)(F)F. The summed E-state index contributed by atoms with van der Waals surface area (Å²) in [7, 11) is 0. The van der Waals surface area contributed by atoms with E-state index in [4.69, 9.17) is 11.6 Å². The minimum Gasteiger partial charge on any atom is -0.338 e. The van der Waals surface area contributed by atoms with E-state index in [0.717, 1.165) is 12.1 Å². The topological polar surface area (TPSA) is 103 Å². The highest BCUT2D eigenvalue weighted by Crippen LogP contribution is 2.36. The van der Waals surface area contributed by atoms with Crippen molar-refractivity contribution < 1.29 is 18.0 Å². The second-order valence-corrected chi connectivity index (χ2v) is 8.09. The third-order valence-corrected chi connectivity index (χ3v) is 5.53. The molecule has 1 aliphatic carbocycles. The zero-order valence-corrected chi connectivity index (χ0v) is 18.4. The van der Waals surface area contributed by atoms with Gasteiger partial charge in [0.25, 0.3) is 5.56 Å². The molecule has 0 fully saturated rings. The molecule has 0 atom stereocenters. The van der Waals surface area contributed by atoms with Crippen molar-refractivity contribution in [3.8, 4) is 22.6 Å². The summed E-state index contributed by atoms with van der Waals surface area (Å²) in [6.45, 7) is 0. The fraction of sp³-hybridized carbons (Fsp3) is 0.0417. The number of imidazole rings is 1. The van der Waals surface area contributed by atoms with Gasteiger partial charge in [0, 0.05) is 22.0 Å². The van der Waals surface area contributed by atoms with E-state index < -0.39 is 23.5 Å². The second-order valence-electron chi connectivity index (χ2n) is 7.65. The van der Waals surface area contributed by atoms with Gasteiger partial charge < -0.3 is 20.6 Å². The zero-order valence-electron chi connectivity index (χ0n) is 17.6. The largest absolute Gasteiger partial charge is 0.418 e. The predicted octanol–water partition coefficient (Wildman–Crippen LogP) is 6.34. The number of aromatic amines is 2. The van der Waals surface area contributed by atoms with E-state index in [1.165, 1.54) is 6.07 Å². The standard InChI is InChI=1S/C24H15ClF3N5O2/c25-12-6-8-17(15(10-12)24(26,27)28)33-23(35)29-13-7-9-18-19(11-13)31-21(30-18)20-14-4-2-1-3-5-16(14)32-22(20)34/h1-11H,(H,30,31)(H,32,34)(H2,29,33,35). The van der Waals surface area contributed by atoms with Crippen molar-refractivity contribution in [3.05, 3.63) is 87.7 Å². The lowest BCUT2D eigenvalue weighted by atomic mass is 10.1. The van der Waals surface area contributed by atoms with E-state index in [9.17, 15) is 22.8 Å². The van der Waals surface area contributed by atoms with E-state index in [-0.39, 0.29) is 10.6 Å². The molecule has 0 spiro atoms. The number of anilines is 2. The van der Waals surface area contributed by atoms with Crippen molar-refractivity contribution in [1.82, 2.24) is 15.0 Å². The first-order valence-corrected chi connectivity index (χ1v) is 10.6. The molecule has 1 aromatic heterocycles. The Balaban J connectivity index is 1.41. The Morgan fingerprint density at radius 2 is 1.74 bits per heavy atom. The minimum absolute atomic E-state index is 0.103. The number of amides is 2. The Morgan fingerprint density at radius 1 is 0.943 bits per heavy atom. The first kappa shape index (κ1) is 22.5. The van der Waals surface area contributed by atoms with Gasteiger partial charge in [0.05, 0.1) is 27.8 Å². The van der Waals surface area contributed by atoms with Crippen LogP contribution in [0.2, 0.25) is 5.02 Å². The first-order valence-electron chi connectivity index (χ1n) is 10.2. The monoisotopic (exact) mass is 497 g/mol. The highest BCUT2D eigenvalue weighted by Gasteiger charge is 2.34. The van der Waals surface area contributed by atoms with Crippen LogP contribution in [0.5, 0.6) is 0 Å². The average Bonchev–Trinajstić information content (AvgIpc) is 3.25. The van der Waals surface area contributed by atoms with E-state index in [2.05, 4.69) is 25.6 Å². The Morgan fingerprint density at radius 3 is 2.54 bits per heavy atom. The maximum atomic E-state index is 13.3. The highest BCUT2D eigenvalue weighted by atomic mass is 35.5. The number of carbonyl (C=O) groups is 1. The molecule has 0 unspecified atom stereocenters. The lowest BCUT2D eigenvalue weighted by molar-refractivity contribution is -0.136. The second kappa shape index (κ2) is 8.48. The Hall–Kier alpha value is -4.31. The van der Waals surface area contributed by atoms with Gasteiger partial charge in [0.1, 0.15) is 5.82 Å². The number of H-pyrrole nitrogens is 2. The molecule has 5 rings (SSSR count). The number of rotatable bonds is 3. The van der Waals surface area contributed by atoms with Gasteiger partial charge >= 0.3 is 12.2 Å². The number of aromatic nitrogens is 3. The molecule has 11 heteroatoms. The third kappa shape index (κ3) is 4.43. The number of urea groups is 1. The fourth-order valence-corrected chi connectivity index (χ4v) is 3.94. The van der Waals surface area contributed by atoms with Crippen LogP contribution < -0.4 is 16.2 Å². The van der Waals surface area contributed by atoms with E-state index in [0.29, 0.717) is 39.4 Å². The molecule has 2 aliphatic rings. The molecule has 3 aromatic rings. The van der Waals surface area contributed by atoms with Crippen LogP contribution >= 0.6 is 11.6 Å². The smallest absolute Gasteiger partial charge is 0.338 e. The van der Waals surface area contributed by atoms with Gasteiger partial charge in [-0.2, -0.15) is 13.2 Å². The summed E-state index contributed by atoms with van der Waals surface area (Å²) in [5.74, 6) is 0.347. The van der Waals surface area contributed by atoms with Crippen molar-refractivity contribution in [2.75, 3.05) is 10.6 Å². The van der Waals surface area contributed by atoms with Crippen LogP contribution in [-0.4, -0.2) is 21.0 Å². The van der Waals surface area contributed by atoms with Crippen LogP contribution in [0.1, 0.15) is 5.56 Å². The number of benzene rings is 2. The van der Waals surface area contributed by atoms with Gasteiger partial charge in [-0.15, -0.1) is 0 Å². The summed E-state index contributed by atoms with van der Waals surface area (Å²) < 4.78 is 39.8. The Bertz CT molecular complexity index is 1610. The molecule has 2 aromatic carbocycles. The molecule has 1 aliphatic heterocycles. The number of alkyl halides is 3. The van der Waals surface area contributed by atoms with Crippen molar-refractivity contribution in [2.24, 2.45) is 0 Å².